The van der Waals surface area contributed by atoms with E-state index < -0.39 is 19.3 Å². The fourth-order valence-corrected chi connectivity index (χ4v) is 3.11. The van der Waals surface area contributed by atoms with Crippen molar-refractivity contribution in [2.45, 2.75) is 6.04 Å². The van der Waals surface area contributed by atoms with Gasteiger partial charge < -0.3 is 8.23 Å². The lowest BCUT2D eigenvalue weighted by molar-refractivity contribution is 0.315. The van der Waals surface area contributed by atoms with Crippen LogP contribution in [0.2, 0.25) is 6.04 Å². The normalized spacial score (nSPS) is 32.3. The van der Waals surface area contributed by atoms with Crippen molar-refractivity contribution in [1.29, 1.82) is 0 Å². The maximum Gasteiger partial charge on any atom is 0.306 e. The molecule has 2 nitrogen and oxygen atoms in total. The fraction of sp³-hybridized carbons (Fsp3) is 0.333. The third-order valence-corrected chi connectivity index (χ3v) is 5.65. The molecule has 1 saturated heterocycles. The summed E-state index contributed by atoms with van der Waals surface area (Å²) in [6, 6.07) is 0.979. The summed E-state index contributed by atoms with van der Waals surface area (Å²) >= 11 is 0. The predicted octanol–water partition coefficient (Wildman–Crippen LogP) is -0.562. The lowest BCUT2D eigenvalue weighted by atomic mass is 10.8. The monoisotopic (exact) mass is 132 g/mol. The largest absolute Gasteiger partial charge is 0.422 e. The molecule has 0 N–H and O–H groups in total. The molecule has 0 spiro atoms. The van der Waals surface area contributed by atoms with E-state index in [2.05, 4.69) is 6.58 Å². The zero-order valence-electron chi connectivity index (χ0n) is 4.09. The summed E-state index contributed by atoms with van der Waals surface area (Å²) in [5, 5.41) is 0. The molecule has 0 atom stereocenters. The van der Waals surface area contributed by atoms with Gasteiger partial charge in [-0.05, 0) is 0 Å². The first kappa shape index (κ1) is 5.23. The van der Waals surface area contributed by atoms with Gasteiger partial charge in [0.25, 0.3) is 10.0 Å². The molecular weight excluding hydrogens is 124 g/mol. The van der Waals surface area contributed by atoms with Crippen LogP contribution in [0.3, 0.4) is 0 Å². The highest BCUT2D eigenvalue weighted by atomic mass is 28.4. The van der Waals surface area contributed by atoms with E-state index in [4.69, 9.17) is 8.23 Å². The van der Waals surface area contributed by atoms with Crippen molar-refractivity contribution >= 4 is 19.3 Å². The van der Waals surface area contributed by atoms with Gasteiger partial charge in [0.05, 0.1) is 0 Å². The third-order valence-electron chi connectivity index (χ3n) is 0.867. The van der Waals surface area contributed by atoms with Crippen LogP contribution in [0.1, 0.15) is 0 Å². The lowest BCUT2D eigenvalue weighted by Crippen LogP contribution is -2.37. The highest BCUT2D eigenvalue weighted by Crippen LogP contribution is 2.03. The Kier molecular flexibility index (Phi) is 1.80. The summed E-state index contributed by atoms with van der Waals surface area (Å²) in [7, 11) is -1.51. The second-order valence-electron chi connectivity index (χ2n) is 1.41. The second-order valence-corrected chi connectivity index (χ2v) is 5.64. The second kappa shape index (κ2) is 2.41. The van der Waals surface area contributed by atoms with Crippen LogP contribution in [0.15, 0.2) is 12.7 Å². The standard InChI is InChI=1S/C3H8O2Si2/c1-2-3-7-4-6-5-7/h2,7H,1,3,6H2. The Hall–Kier alpha value is 0.0938. The molecule has 0 saturated carbocycles. The van der Waals surface area contributed by atoms with Gasteiger partial charge >= 0.3 is 9.28 Å². The van der Waals surface area contributed by atoms with Crippen LogP contribution in [0.4, 0.5) is 0 Å². The molecule has 1 fully saturated rings. The van der Waals surface area contributed by atoms with Gasteiger partial charge in [-0.1, -0.05) is 6.08 Å². The Labute approximate surface area is 47.0 Å². The van der Waals surface area contributed by atoms with Crippen LogP contribution < -0.4 is 0 Å². The summed E-state index contributed by atoms with van der Waals surface area (Å²) in [6.07, 6.45) is 1.87. The minimum atomic E-state index is -1.06. The Bertz CT molecular complexity index is 71.3. The van der Waals surface area contributed by atoms with E-state index in [-0.39, 0.29) is 0 Å². The SMILES string of the molecule is C=CC[SiH]1O[SiH2]O1. The highest BCUT2D eigenvalue weighted by molar-refractivity contribution is 6.64. The average Bonchev–Trinajstić information content (AvgIpc) is 1.55. The molecule has 0 unspecified atom stereocenters. The minimum absolute atomic E-state index is 0.449. The van der Waals surface area contributed by atoms with Crippen molar-refractivity contribution in [2.75, 3.05) is 0 Å². The van der Waals surface area contributed by atoms with Crippen molar-refractivity contribution in [3.63, 3.8) is 0 Å². The molecular formula is C3H8O2Si2. The summed E-state index contributed by atoms with van der Waals surface area (Å²) in [6.45, 7) is 3.57. The summed E-state index contributed by atoms with van der Waals surface area (Å²) < 4.78 is 10.3. The van der Waals surface area contributed by atoms with E-state index >= 15 is 0 Å². The van der Waals surface area contributed by atoms with Crippen LogP contribution >= 0.6 is 0 Å². The molecule has 0 bridgehead atoms. The number of hydrogen-bond donors (Lipinski definition) is 0. The quantitative estimate of drug-likeness (QED) is 0.370. The first-order chi connectivity index (χ1) is 3.43. The van der Waals surface area contributed by atoms with Crippen LogP contribution in [0, 0.1) is 0 Å². The molecule has 1 aliphatic heterocycles. The Morgan fingerprint density at radius 1 is 1.71 bits per heavy atom. The van der Waals surface area contributed by atoms with Crippen LogP contribution in [-0.2, 0) is 8.23 Å². The molecule has 7 heavy (non-hydrogen) atoms. The summed E-state index contributed by atoms with van der Waals surface area (Å²) in [5.74, 6) is 0. The number of hydrogen-bond acceptors (Lipinski definition) is 2. The minimum Gasteiger partial charge on any atom is -0.422 e. The summed E-state index contributed by atoms with van der Waals surface area (Å²) in [5.41, 5.74) is 0. The predicted molar refractivity (Wildman–Crippen MR) is 32.9 cm³/mol. The Morgan fingerprint density at radius 2 is 2.43 bits per heavy atom. The zero-order valence-corrected chi connectivity index (χ0v) is 6.66. The Morgan fingerprint density at radius 3 is 2.57 bits per heavy atom. The van der Waals surface area contributed by atoms with E-state index in [9.17, 15) is 0 Å². The smallest absolute Gasteiger partial charge is 0.306 e. The molecule has 4 heteroatoms. The zero-order chi connectivity index (χ0) is 5.11. The van der Waals surface area contributed by atoms with Crippen LogP contribution in [-0.4, -0.2) is 19.3 Å². The fourth-order valence-electron chi connectivity index (χ4n) is 0.436. The molecule has 0 radical (unpaired) electrons. The molecule has 0 aromatic heterocycles. The van der Waals surface area contributed by atoms with Crippen molar-refractivity contribution in [2.24, 2.45) is 0 Å². The van der Waals surface area contributed by atoms with Crippen LogP contribution in [0.5, 0.6) is 0 Å². The van der Waals surface area contributed by atoms with Gasteiger partial charge in [-0.2, -0.15) is 0 Å². The number of allylic oxidation sites excluding steroid dienone is 1. The van der Waals surface area contributed by atoms with Crippen molar-refractivity contribution < 1.29 is 8.23 Å². The third kappa shape index (κ3) is 1.23. The van der Waals surface area contributed by atoms with Gasteiger partial charge in [-0.15, -0.1) is 6.58 Å². The maximum atomic E-state index is 5.16. The average molecular weight is 132 g/mol. The molecule has 0 aromatic rings. The number of rotatable bonds is 2. The maximum absolute atomic E-state index is 5.16. The van der Waals surface area contributed by atoms with Gasteiger partial charge in [0.2, 0.25) is 0 Å². The molecule has 0 aromatic carbocycles. The first-order valence-electron chi connectivity index (χ1n) is 2.27. The molecule has 1 aliphatic rings. The summed E-state index contributed by atoms with van der Waals surface area (Å²) in [4.78, 5) is 0. The molecule has 1 rings (SSSR count). The van der Waals surface area contributed by atoms with Gasteiger partial charge in [-0.25, -0.2) is 0 Å². The lowest BCUT2D eigenvalue weighted by Gasteiger charge is -2.23. The van der Waals surface area contributed by atoms with Gasteiger partial charge in [-0.3, -0.25) is 0 Å². The van der Waals surface area contributed by atoms with E-state index in [0.717, 1.165) is 6.04 Å². The van der Waals surface area contributed by atoms with Crippen molar-refractivity contribution in [1.82, 2.24) is 0 Å². The van der Waals surface area contributed by atoms with Crippen LogP contribution in [0.25, 0.3) is 0 Å². The van der Waals surface area contributed by atoms with E-state index in [0.29, 0.717) is 0 Å². The highest BCUT2D eigenvalue weighted by Gasteiger charge is 2.19. The Balaban J connectivity index is 2.03. The topological polar surface area (TPSA) is 18.5 Å². The van der Waals surface area contributed by atoms with Gasteiger partial charge in [0.1, 0.15) is 0 Å². The van der Waals surface area contributed by atoms with Gasteiger partial charge in [0, 0.05) is 6.04 Å². The van der Waals surface area contributed by atoms with E-state index in [1.165, 1.54) is 0 Å². The van der Waals surface area contributed by atoms with Gasteiger partial charge in [0.15, 0.2) is 0 Å². The van der Waals surface area contributed by atoms with Crippen molar-refractivity contribution in [3.05, 3.63) is 12.7 Å². The molecule has 40 valence electrons. The van der Waals surface area contributed by atoms with Crippen molar-refractivity contribution in [3.8, 4) is 0 Å². The van der Waals surface area contributed by atoms with E-state index in [1.807, 2.05) is 6.08 Å². The molecule has 0 aliphatic carbocycles. The molecule has 1 heterocycles. The first-order valence-corrected chi connectivity index (χ1v) is 5.19. The van der Waals surface area contributed by atoms with E-state index in [1.54, 1.807) is 0 Å². The molecule has 0 amide bonds.